The largest absolute Gasteiger partial charge is 0.478 e. The monoisotopic (exact) mass is 218 g/mol. The summed E-state index contributed by atoms with van der Waals surface area (Å²) in [6, 6.07) is 3.84. The second-order valence-electron chi connectivity index (χ2n) is 3.01. The minimum absolute atomic E-state index is 0.0497. The maximum Gasteiger partial charge on any atom is 0.336 e. The molecule has 0 atom stereocenters. The van der Waals surface area contributed by atoms with E-state index in [0.29, 0.717) is 5.56 Å². The van der Waals surface area contributed by atoms with Crippen LogP contribution in [0.25, 0.3) is 6.08 Å². The molecule has 0 aliphatic rings. The minimum atomic E-state index is -1.10. The number of carbonyl (C=O) groups is 2. The molecule has 1 aromatic rings. The highest BCUT2D eigenvalue weighted by atomic mass is 16.4. The van der Waals surface area contributed by atoms with E-state index in [2.05, 4.69) is 6.58 Å². The molecule has 0 aliphatic carbocycles. The number of carboxylic acid groups (broad SMARTS) is 2. The SMILES string of the molecule is C=CC=Cc1cc(C(=O)O)ccc1C(=O)O. The van der Waals surface area contributed by atoms with E-state index in [0.717, 1.165) is 0 Å². The van der Waals surface area contributed by atoms with Crippen molar-refractivity contribution in [3.05, 3.63) is 53.6 Å². The number of carboxylic acids is 2. The summed E-state index contributed by atoms with van der Waals surface area (Å²) in [5.41, 5.74) is 0.448. The van der Waals surface area contributed by atoms with Crippen LogP contribution in [0.3, 0.4) is 0 Å². The van der Waals surface area contributed by atoms with Crippen LogP contribution in [-0.4, -0.2) is 22.2 Å². The Morgan fingerprint density at radius 2 is 1.88 bits per heavy atom. The van der Waals surface area contributed by atoms with Gasteiger partial charge in [0.05, 0.1) is 11.1 Å². The van der Waals surface area contributed by atoms with Crippen LogP contribution in [0, 0.1) is 0 Å². The number of aromatic carboxylic acids is 2. The summed E-state index contributed by atoms with van der Waals surface area (Å²) in [5, 5.41) is 17.7. The van der Waals surface area contributed by atoms with Crippen LogP contribution in [-0.2, 0) is 0 Å². The zero-order valence-corrected chi connectivity index (χ0v) is 8.38. The van der Waals surface area contributed by atoms with Crippen molar-refractivity contribution in [1.29, 1.82) is 0 Å². The molecular weight excluding hydrogens is 208 g/mol. The van der Waals surface area contributed by atoms with E-state index in [9.17, 15) is 9.59 Å². The second kappa shape index (κ2) is 4.93. The molecule has 16 heavy (non-hydrogen) atoms. The molecule has 0 unspecified atom stereocenters. The third-order valence-electron chi connectivity index (χ3n) is 1.94. The summed E-state index contributed by atoms with van der Waals surface area (Å²) < 4.78 is 0. The van der Waals surface area contributed by atoms with Gasteiger partial charge in [0, 0.05) is 0 Å². The first-order chi connectivity index (χ1) is 7.56. The smallest absolute Gasteiger partial charge is 0.336 e. The summed E-state index contributed by atoms with van der Waals surface area (Å²) in [5.74, 6) is -2.19. The third-order valence-corrected chi connectivity index (χ3v) is 1.94. The Morgan fingerprint density at radius 1 is 1.19 bits per heavy atom. The van der Waals surface area contributed by atoms with Gasteiger partial charge < -0.3 is 10.2 Å². The standard InChI is InChI=1S/C12H10O4/c1-2-3-4-8-7-9(11(13)14)5-6-10(8)12(15)16/h2-7H,1H2,(H,13,14)(H,15,16). The van der Waals surface area contributed by atoms with Crippen molar-refractivity contribution in [2.45, 2.75) is 0 Å². The summed E-state index contributed by atoms with van der Waals surface area (Å²) in [6.45, 7) is 3.46. The van der Waals surface area contributed by atoms with Gasteiger partial charge in [0.2, 0.25) is 0 Å². The van der Waals surface area contributed by atoms with Crippen LogP contribution < -0.4 is 0 Å². The molecule has 0 radical (unpaired) electrons. The molecule has 0 amide bonds. The highest BCUT2D eigenvalue weighted by molar-refractivity contribution is 5.95. The fourth-order valence-corrected chi connectivity index (χ4v) is 1.20. The van der Waals surface area contributed by atoms with E-state index in [-0.39, 0.29) is 11.1 Å². The summed E-state index contributed by atoms with van der Waals surface area (Å²) in [4.78, 5) is 21.6. The van der Waals surface area contributed by atoms with Gasteiger partial charge in [-0.15, -0.1) is 0 Å². The quantitative estimate of drug-likeness (QED) is 0.760. The van der Waals surface area contributed by atoms with Crippen molar-refractivity contribution in [3.63, 3.8) is 0 Å². The normalized spacial score (nSPS) is 10.2. The Kier molecular flexibility index (Phi) is 3.61. The Morgan fingerprint density at radius 3 is 2.38 bits per heavy atom. The van der Waals surface area contributed by atoms with Crippen LogP contribution in [0.4, 0.5) is 0 Å². The van der Waals surface area contributed by atoms with Gasteiger partial charge in [0.25, 0.3) is 0 Å². The number of hydrogen-bond donors (Lipinski definition) is 2. The zero-order chi connectivity index (χ0) is 12.1. The Labute approximate surface area is 92.2 Å². The molecule has 1 rings (SSSR count). The molecule has 4 heteroatoms. The lowest BCUT2D eigenvalue weighted by atomic mass is 10.0. The van der Waals surface area contributed by atoms with E-state index >= 15 is 0 Å². The Balaban J connectivity index is 3.31. The fourth-order valence-electron chi connectivity index (χ4n) is 1.20. The number of rotatable bonds is 4. The fraction of sp³-hybridized carbons (Fsp3) is 0. The van der Waals surface area contributed by atoms with Gasteiger partial charge in [-0.3, -0.25) is 0 Å². The highest BCUT2D eigenvalue weighted by Crippen LogP contribution is 2.14. The average Bonchev–Trinajstić information content (AvgIpc) is 2.25. The molecule has 0 spiro atoms. The third kappa shape index (κ3) is 2.57. The number of benzene rings is 1. The van der Waals surface area contributed by atoms with Crippen molar-refractivity contribution in [2.24, 2.45) is 0 Å². The molecule has 1 aromatic carbocycles. The van der Waals surface area contributed by atoms with Gasteiger partial charge in [0.15, 0.2) is 0 Å². The van der Waals surface area contributed by atoms with Crippen molar-refractivity contribution < 1.29 is 19.8 Å². The number of allylic oxidation sites excluding steroid dienone is 2. The van der Waals surface area contributed by atoms with Crippen molar-refractivity contribution >= 4 is 18.0 Å². The van der Waals surface area contributed by atoms with Gasteiger partial charge in [-0.2, -0.15) is 0 Å². The van der Waals surface area contributed by atoms with Crippen molar-refractivity contribution in [2.75, 3.05) is 0 Å². The predicted octanol–water partition coefficient (Wildman–Crippen LogP) is 2.28. The van der Waals surface area contributed by atoms with Gasteiger partial charge in [-0.05, 0) is 23.8 Å². The molecule has 0 heterocycles. The van der Waals surface area contributed by atoms with E-state index in [1.54, 1.807) is 6.08 Å². The first kappa shape index (κ1) is 11.7. The van der Waals surface area contributed by atoms with Crippen LogP contribution >= 0.6 is 0 Å². The van der Waals surface area contributed by atoms with Gasteiger partial charge >= 0.3 is 11.9 Å². The lowest BCUT2D eigenvalue weighted by Crippen LogP contribution is -2.03. The molecule has 0 fully saturated rings. The molecule has 0 aliphatic heterocycles. The van der Waals surface area contributed by atoms with Crippen LogP contribution in [0.2, 0.25) is 0 Å². The molecule has 0 bridgehead atoms. The van der Waals surface area contributed by atoms with E-state index in [1.807, 2.05) is 0 Å². The highest BCUT2D eigenvalue weighted by Gasteiger charge is 2.11. The summed E-state index contributed by atoms with van der Waals surface area (Å²) >= 11 is 0. The topological polar surface area (TPSA) is 74.6 Å². The van der Waals surface area contributed by atoms with Gasteiger partial charge in [-0.1, -0.05) is 24.8 Å². The zero-order valence-electron chi connectivity index (χ0n) is 8.38. The van der Waals surface area contributed by atoms with Gasteiger partial charge in [0.1, 0.15) is 0 Å². The molecular formula is C12H10O4. The number of hydrogen-bond acceptors (Lipinski definition) is 2. The Bertz CT molecular complexity index is 472. The summed E-state index contributed by atoms with van der Waals surface area (Å²) in [6.07, 6.45) is 4.54. The van der Waals surface area contributed by atoms with E-state index in [1.165, 1.54) is 30.4 Å². The lowest BCUT2D eigenvalue weighted by molar-refractivity contribution is 0.0681. The minimum Gasteiger partial charge on any atom is -0.478 e. The van der Waals surface area contributed by atoms with Crippen molar-refractivity contribution in [3.8, 4) is 0 Å². The first-order valence-corrected chi connectivity index (χ1v) is 4.46. The lowest BCUT2D eigenvalue weighted by Gasteiger charge is -2.02. The van der Waals surface area contributed by atoms with Crippen LogP contribution in [0.5, 0.6) is 0 Å². The molecule has 0 saturated carbocycles. The predicted molar refractivity (Wildman–Crippen MR) is 59.6 cm³/mol. The second-order valence-corrected chi connectivity index (χ2v) is 3.01. The van der Waals surface area contributed by atoms with E-state index in [4.69, 9.17) is 10.2 Å². The molecule has 0 saturated heterocycles. The molecule has 82 valence electrons. The first-order valence-electron chi connectivity index (χ1n) is 4.46. The molecule has 0 aromatic heterocycles. The average molecular weight is 218 g/mol. The molecule has 4 nitrogen and oxygen atoms in total. The van der Waals surface area contributed by atoms with E-state index < -0.39 is 11.9 Å². The maximum atomic E-state index is 10.9. The van der Waals surface area contributed by atoms with Crippen LogP contribution in [0.15, 0.2) is 36.9 Å². The van der Waals surface area contributed by atoms with Gasteiger partial charge in [-0.25, -0.2) is 9.59 Å². The summed E-state index contributed by atoms with van der Waals surface area (Å²) in [7, 11) is 0. The van der Waals surface area contributed by atoms with Crippen LogP contribution in [0.1, 0.15) is 26.3 Å². The molecule has 2 N–H and O–H groups in total. The Hall–Kier alpha value is -2.36. The maximum absolute atomic E-state index is 10.9. The van der Waals surface area contributed by atoms with Crippen molar-refractivity contribution in [1.82, 2.24) is 0 Å².